The van der Waals surface area contributed by atoms with Gasteiger partial charge in [0, 0.05) is 12.3 Å². The number of carbonyl (C=O) groups is 2. The molecule has 5 atom stereocenters. The second-order valence-corrected chi connectivity index (χ2v) is 6.76. The molecule has 6 N–H and O–H groups in total. The maximum absolute atomic E-state index is 11.8. The van der Waals surface area contributed by atoms with Crippen LogP contribution in [0.3, 0.4) is 0 Å². The van der Waals surface area contributed by atoms with Crippen molar-refractivity contribution in [1.29, 1.82) is 0 Å². The molecule has 12 heteroatoms. The van der Waals surface area contributed by atoms with E-state index in [1.807, 2.05) is 4.98 Å². The number of aliphatic hydroxyl groups excluding tert-OH is 2. The van der Waals surface area contributed by atoms with Gasteiger partial charge in [-0.3, -0.25) is 23.9 Å². The van der Waals surface area contributed by atoms with Crippen molar-refractivity contribution in [2.24, 2.45) is 5.73 Å². The number of aliphatic hydroxyl groups is 2. The van der Waals surface area contributed by atoms with Gasteiger partial charge in [-0.1, -0.05) is 0 Å². The van der Waals surface area contributed by atoms with Crippen LogP contribution in [0.5, 0.6) is 0 Å². The van der Waals surface area contributed by atoms with Crippen LogP contribution in [0, 0.1) is 0 Å². The van der Waals surface area contributed by atoms with Gasteiger partial charge in [0.05, 0.1) is 17.8 Å². The Hall–Kier alpha value is -2.15. The lowest BCUT2D eigenvalue weighted by molar-refractivity contribution is -0.149. The first-order chi connectivity index (χ1) is 11.7. The lowest BCUT2D eigenvalue weighted by atomic mass is 10.1. The zero-order valence-electron chi connectivity index (χ0n) is 12.8. The number of carboxylic acid groups (broad SMARTS) is 1. The van der Waals surface area contributed by atoms with Crippen LogP contribution < -0.4 is 17.0 Å². The zero-order valence-corrected chi connectivity index (χ0v) is 13.6. The number of aromatic nitrogens is 2. The maximum atomic E-state index is 11.8. The van der Waals surface area contributed by atoms with Crippen LogP contribution in [-0.2, 0) is 14.3 Å². The van der Waals surface area contributed by atoms with E-state index in [9.17, 15) is 29.4 Å². The Kier molecular flexibility index (Phi) is 6.00. The summed E-state index contributed by atoms with van der Waals surface area (Å²) in [7, 11) is 0. The van der Waals surface area contributed by atoms with E-state index in [-0.39, 0.29) is 6.61 Å². The van der Waals surface area contributed by atoms with E-state index in [2.05, 4.69) is 0 Å². The van der Waals surface area contributed by atoms with Crippen LogP contribution in [0.15, 0.2) is 21.9 Å². The Morgan fingerprint density at radius 2 is 2.04 bits per heavy atom. The van der Waals surface area contributed by atoms with Crippen molar-refractivity contribution in [2.45, 2.75) is 35.3 Å². The summed E-state index contributed by atoms with van der Waals surface area (Å²) in [6.07, 6.45) is -2.06. The maximum Gasteiger partial charge on any atom is 0.329 e. The number of esters is 1. The number of aliphatic carboxylic acids is 1. The summed E-state index contributed by atoms with van der Waals surface area (Å²) in [5.74, 6) is -2.21. The first kappa shape index (κ1) is 19.2. The van der Waals surface area contributed by atoms with Crippen molar-refractivity contribution in [3.05, 3.63) is 33.1 Å². The van der Waals surface area contributed by atoms with Gasteiger partial charge in [0.25, 0.3) is 5.56 Å². The first-order valence-electron chi connectivity index (χ1n) is 7.17. The number of hydrogen-bond donors (Lipinski definition) is 5. The van der Waals surface area contributed by atoms with E-state index in [0.717, 1.165) is 22.4 Å². The standard InChI is InChI=1S/C13H17N3O8S/c14-5(3-8(18)19)12(22)24-4-6-9(20)10(21)11(25-6)16-2-1-7(17)15-13(16)23/h1-2,5-6,9-11,20-21H,3-4,14H2,(H,18,19)(H,15,17,23)/t5-,6+,9?,10?,11+/m0/s1. The number of hydrogen-bond acceptors (Lipinski definition) is 9. The molecule has 0 amide bonds. The van der Waals surface area contributed by atoms with Crippen LogP contribution in [-0.4, -0.2) is 66.9 Å². The third-order valence-electron chi connectivity index (χ3n) is 3.55. The number of rotatable bonds is 6. The topological polar surface area (TPSA) is 185 Å². The summed E-state index contributed by atoms with van der Waals surface area (Å²) in [5.41, 5.74) is 4.01. The highest BCUT2D eigenvalue weighted by Crippen LogP contribution is 2.41. The Balaban J connectivity index is 2.02. The Labute approximate surface area is 144 Å². The minimum Gasteiger partial charge on any atom is -0.481 e. The Bertz CT molecular complexity index is 762. The van der Waals surface area contributed by atoms with Crippen molar-refractivity contribution in [2.75, 3.05) is 6.61 Å². The number of nitrogens with two attached hydrogens (primary N) is 1. The summed E-state index contributed by atoms with van der Waals surface area (Å²) < 4.78 is 5.93. The summed E-state index contributed by atoms with van der Waals surface area (Å²) in [4.78, 5) is 47.0. The molecule has 138 valence electrons. The average molecular weight is 375 g/mol. The summed E-state index contributed by atoms with van der Waals surface area (Å²) in [5, 5.41) is 27.1. The fourth-order valence-corrected chi connectivity index (χ4v) is 3.71. The highest BCUT2D eigenvalue weighted by Gasteiger charge is 2.44. The molecule has 0 radical (unpaired) electrons. The number of ether oxygens (including phenoxy) is 1. The van der Waals surface area contributed by atoms with Crippen LogP contribution in [0.25, 0.3) is 0 Å². The van der Waals surface area contributed by atoms with Crippen LogP contribution in [0.2, 0.25) is 0 Å². The molecule has 0 aromatic carbocycles. The van der Waals surface area contributed by atoms with E-state index in [1.54, 1.807) is 0 Å². The molecule has 11 nitrogen and oxygen atoms in total. The highest BCUT2D eigenvalue weighted by molar-refractivity contribution is 8.00. The molecule has 0 spiro atoms. The molecule has 25 heavy (non-hydrogen) atoms. The minimum absolute atomic E-state index is 0.330. The lowest BCUT2D eigenvalue weighted by Gasteiger charge is -2.17. The predicted molar refractivity (Wildman–Crippen MR) is 84.9 cm³/mol. The van der Waals surface area contributed by atoms with Crippen molar-refractivity contribution in [3.63, 3.8) is 0 Å². The molecule has 2 rings (SSSR count). The van der Waals surface area contributed by atoms with Gasteiger partial charge in [0.2, 0.25) is 0 Å². The minimum atomic E-state index is -1.34. The molecule has 1 aliphatic rings. The molecule has 1 aliphatic heterocycles. The number of nitrogens with one attached hydrogen (secondary N) is 1. The molecule has 0 saturated carbocycles. The molecule has 0 bridgehead atoms. The zero-order chi connectivity index (χ0) is 18.7. The average Bonchev–Trinajstić information content (AvgIpc) is 2.80. The number of nitrogens with zero attached hydrogens (tertiary/aromatic N) is 1. The van der Waals surface area contributed by atoms with E-state index in [4.69, 9.17) is 15.6 Å². The third kappa shape index (κ3) is 4.48. The predicted octanol–water partition coefficient (Wildman–Crippen LogP) is -2.78. The smallest absolute Gasteiger partial charge is 0.329 e. The van der Waals surface area contributed by atoms with E-state index in [1.165, 1.54) is 6.20 Å². The van der Waals surface area contributed by atoms with Gasteiger partial charge >= 0.3 is 17.6 Å². The molecule has 1 aromatic rings. The number of aromatic amines is 1. The largest absolute Gasteiger partial charge is 0.481 e. The van der Waals surface area contributed by atoms with Crippen LogP contribution >= 0.6 is 11.8 Å². The number of thioether (sulfide) groups is 1. The Morgan fingerprint density at radius 3 is 2.64 bits per heavy atom. The van der Waals surface area contributed by atoms with Gasteiger partial charge in [0.15, 0.2) is 0 Å². The lowest BCUT2D eigenvalue weighted by Crippen LogP contribution is -2.39. The van der Waals surface area contributed by atoms with Crippen LogP contribution in [0.4, 0.5) is 0 Å². The molecular weight excluding hydrogens is 358 g/mol. The van der Waals surface area contributed by atoms with E-state index >= 15 is 0 Å². The fourth-order valence-electron chi connectivity index (χ4n) is 2.27. The van der Waals surface area contributed by atoms with Gasteiger partial charge in [-0.15, -0.1) is 11.8 Å². The Morgan fingerprint density at radius 1 is 1.36 bits per heavy atom. The van der Waals surface area contributed by atoms with Gasteiger partial charge in [0.1, 0.15) is 24.1 Å². The van der Waals surface area contributed by atoms with Gasteiger partial charge < -0.3 is 25.8 Å². The molecule has 1 aromatic heterocycles. The summed E-state index contributed by atoms with van der Waals surface area (Å²) in [6.45, 7) is -0.330. The molecular formula is C13H17N3O8S. The second-order valence-electron chi connectivity index (χ2n) is 5.40. The molecule has 2 unspecified atom stereocenters. The molecule has 1 saturated heterocycles. The molecule has 0 aliphatic carbocycles. The van der Waals surface area contributed by atoms with Gasteiger partial charge in [-0.2, -0.15) is 0 Å². The normalized spacial score (nSPS) is 27.0. The first-order valence-corrected chi connectivity index (χ1v) is 8.12. The van der Waals surface area contributed by atoms with Crippen LogP contribution in [0.1, 0.15) is 11.8 Å². The van der Waals surface area contributed by atoms with E-state index in [0.29, 0.717) is 0 Å². The second kappa shape index (κ2) is 7.82. The number of carbonyl (C=O) groups excluding carboxylic acids is 1. The van der Waals surface area contributed by atoms with Crippen molar-refractivity contribution >= 4 is 23.7 Å². The summed E-state index contributed by atoms with van der Waals surface area (Å²) in [6, 6.07) is -0.247. The quantitative estimate of drug-likeness (QED) is 0.326. The summed E-state index contributed by atoms with van der Waals surface area (Å²) >= 11 is 0.974. The monoisotopic (exact) mass is 375 g/mol. The highest BCUT2D eigenvalue weighted by atomic mass is 32.2. The SMILES string of the molecule is N[C@@H](CC(=O)O)C(=O)OC[C@H]1S[C@@H](n2ccc(=O)[nH]c2=O)C(O)C1O. The molecule has 2 heterocycles. The van der Waals surface area contributed by atoms with Gasteiger partial charge in [-0.25, -0.2) is 4.79 Å². The van der Waals surface area contributed by atoms with Crippen molar-refractivity contribution < 1.29 is 29.6 Å². The number of carboxylic acids is 1. The van der Waals surface area contributed by atoms with Gasteiger partial charge in [-0.05, 0) is 0 Å². The van der Waals surface area contributed by atoms with E-state index < -0.39 is 58.5 Å². The fraction of sp³-hybridized carbons (Fsp3) is 0.538. The molecule has 1 fully saturated rings. The van der Waals surface area contributed by atoms with Crippen molar-refractivity contribution in [3.8, 4) is 0 Å². The third-order valence-corrected chi connectivity index (χ3v) is 5.10. The van der Waals surface area contributed by atoms with Crippen molar-refractivity contribution in [1.82, 2.24) is 9.55 Å². The number of H-pyrrole nitrogens is 1.